The minimum absolute atomic E-state index is 0.350. The van der Waals surface area contributed by atoms with Crippen molar-refractivity contribution < 1.29 is 4.79 Å². The van der Waals surface area contributed by atoms with Crippen molar-refractivity contribution in [3.8, 4) is 0 Å². The maximum Gasteiger partial charge on any atom is 0.237 e. The number of amides is 1. The van der Waals surface area contributed by atoms with Gasteiger partial charge in [-0.2, -0.15) is 0 Å². The summed E-state index contributed by atoms with van der Waals surface area (Å²) in [6, 6.07) is 0.512. The summed E-state index contributed by atoms with van der Waals surface area (Å²) in [5, 5.41) is 3.34. The molecule has 1 aliphatic carbocycles. The molecule has 0 bridgehead atoms. The summed E-state index contributed by atoms with van der Waals surface area (Å²) in [7, 11) is 0. The van der Waals surface area contributed by atoms with Crippen molar-refractivity contribution in [3.05, 3.63) is 0 Å². The lowest BCUT2D eigenvalue weighted by Crippen LogP contribution is -2.50. The van der Waals surface area contributed by atoms with Crippen molar-refractivity contribution in [2.75, 3.05) is 39.3 Å². The van der Waals surface area contributed by atoms with Crippen molar-refractivity contribution in [2.24, 2.45) is 5.92 Å². The Morgan fingerprint density at radius 2 is 1.89 bits per heavy atom. The van der Waals surface area contributed by atoms with E-state index in [1.165, 1.54) is 25.7 Å². The van der Waals surface area contributed by atoms with Crippen molar-refractivity contribution in [1.29, 1.82) is 0 Å². The summed E-state index contributed by atoms with van der Waals surface area (Å²) >= 11 is 0. The minimum atomic E-state index is 0.350. The zero-order valence-corrected chi connectivity index (χ0v) is 12.5. The molecule has 4 heteroatoms. The second kappa shape index (κ2) is 7.25. The van der Waals surface area contributed by atoms with E-state index >= 15 is 0 Å². The van der Waals surface area contributed by atoms with Gasteiger partial charge in [-0.3, -0.25) is 9.69 Å². The molecular formula is C15H29N3O. The van der Waals surface area contributed by atoms with Gasteiger partial charge in [0.1, 0.15) is 0 Å². The van der Waals surface area contributed by atoms with Crippen LogP contribution in [0.15, 0.2) is 0 Å². The molecule has 0 spiro atoms. The Hall–Kier alpha value is -0.610. The molecule has 19 heavy (non-hydrogen) atoms. The van der Waals surface area contributed by atoms with Crippen molar-refractivity contribution >= 4 is 5.91 Å². The highest BCUT2D eigenvalue weighted by molar-refractivity contribution is 5.78. The van der Waals surface area contributed by atoms with Crippen LogP contribution in [0.25, 0.3) is 0 Å². The van der Waals surface area contributed by atoms with Crippen molar-refractivity contribution in [2.45, 2.75) is 45.6 Å². The number of nitrogens with one attached hydrogen (secondary N) is 1. The van der Waals surface area contributed by atoms with E-state index in [9.17, 15) is 4.79 Å². The summed E-state index contributed by atoms with van der Waals surface area (Å²) < 4.78 is 0. The fraction of sp³-hybridized carbons (Fsp3) is 0.933. The van der Waals surface area contributed by atoms with E-state index in [0.717, 1.165) is 32.7 Å². The fourth-order valence-electron chi connectivity index (χ4n) is 3.22. The summed E-state index contributed by atoms with van der Waals surface area (Å²) in [6.45, 7) is 10.0. The average Bonchev–Trinajstić information content (AvgIpc) is 2.90. The molecule has 4 nitrogen and oxygen atoms in total. The zero-order valence-electron chi connectivity index (χ0n) is 12.5. The van der Waals surface area contributed by atoms with Gasteiger partial charge in [-0.15, -0.1) is 0 Å². The van der Waals surface area contributed by atoms with Gasteiger partial charge in [0.25, 0.3) is 0 Å². The fourth-order valence-corrected chi connectivity index (χ4v) is 3.22. The lowest BCUT2D eigenvalue weighted by atomic mass is 10.1. The number of carbonyl (C=O) groups excluding carboxylic acids is 1. The molecule has 1 saturated heterocycles. The molecule has 110 valence electrons. The molecule has 0 unspecified atom stereocenters. The van der Waals surface area contributed by atoms with Crippen LogP contribution >= 0.6 is 0 Å². The van der Waals surface area contributed by atoms with Gasteiger partial charge in [0.05, 0.1) is 6.54 Å². The standard InChI is InChI=1S/C15H29N3O/c1-13(2)11-18(14-5-3-4-6-14)15(19)12-17-9-7-16-8-10-17/h13-14,16H,3-12H2,1-2H3. The maximum absolute atomic E-state index is 12.6. The normalized spacial score (nSPS) is 22.1. The van der Waals surface area contributed by atoms with Crippen LogP contribution in [0.5, 0.6) is 0 Å². The molecule has 1 N–H and O–H groups in total. The smallest absolute Gasteiger partial charge is 0.237 e. The van der Waals surface area contributed by atoms with Crippen LogP contribution in [0.2, 0.25) is 0 Å². The van der Waals surface area contributed by atoms with E-state index in [0.29, 0.717) is 24.4 Å². The van der Waals surface area contributed by atoms with Gasteiger partial charge in [0, 0.05) is 38.8 Å². The van der Waals surface area contributed by atoms with E-state index < -0.39 is 0 Å². The average molecular weight is 267 g/mol. The molecular weight excluding hydrogens is 238 g/mol. The van der Waals surface area contributed by atoms with Crippen LogP contribution < -0.4 is 5.32 Å². The molecule has 0 aromatic carbocycles. The second-order valence-corrected chi connectivity index (χ2v) is 6.40. The Labute approximate surface area is 117 Å². The van der Waals surface area contributed by atoms with Crippen LogP contribution in [-0.4, -0.2) is 61.0 Å². The molecule has 1 aliphatic heterocycles. The lowest BCUT2D eigenvalue weighted by Gasteiger charge is -2.34. The minimum Gasteiger partial charge on any atom is -0.338 e. The van der Waals surface area contributed by atoms with Crippen LogP contribution in [0.3, 0.4) is 0 Å². The number of nitrogens with zero attached hydrogens (tertiary/aromatic N) is 2. The number of carbonyl (C=O) groups is 1. The largest absolute Gasteiger partial charge is 0.338 e. The molecule has 2 fully saturated rings. The first-order chi connectivity index (χ1) is 9.16. The Kier molecular flexibility index (Phi) is 5.64. The molecule has 2 aliphatic rings. The molecule has 0 atom stereocenters. The molecule has 1 amide bonds. The summed E-state index contributed by atoms with van der Waals surface area (Å²) in [5.41, 5.74) is 0. The van der Waals surface area contributed by atoms with E-state index in [4.69, 9.17) is 0 Å². The molecule has 1 heterocycles. The van der Waals surface area contributed by atoms with Gasteiger partial charge in [-0.25, -0.2) is 0 Å². The number of piperazine rings is 1. The van der Waals surface area contributed by atoms with E-state index in [2.05, 4.69) is 29.0 Å². The van der Waals surface area contributed by atoms with Crippen LogP contribution in [0.1, 0.15) is 39.5 Å². The Balaban J connectivity index is 1.89. The predicted molar refractivity (Wildman–Crippen MR) is 78.1 cm³/mol. The van der Waals surface area contributed by atoms with E-state index in [1.807, 2.05) is 0 Å². The van der Waals surface area contributed by atoms with E-state index in [-0.39, 0.29) is 0 Å². The second-order valence-electron chi connectivity index (χ2n) is 6.40. The Morgan fingerprint density at radius 3 is 2.47 bits per heavy atom. The van der Waals surface area contributed by atoms with Gasteiger partial charge >= 0.3 is 0 Å². The van der Waals surface area contributed by atoms with Crippen molar-refractivity contribution in [3.63, 3.8) is 0 Å². The molecule has 0 aromatic heterocycles. The first-order valence-electron chi connectivity index (χ1n) is 7.89. The Morgan fingerprint density at radius 1 is 1.26 bits per heavy atom. The van der Waals surface area contributed by atoms with Gasteiger partial charge in [0.2, 0.25) is 5.91 Å². The van der Waals surface area contributed by atoms with Gasteiger partial charge < -0.3 is 10.2 Å². The van der Waals surface area contributed by atoms with Gasteiger partial charge in [-0.1, -0.05) is 26.7 Å². The Bertz CT molecular complexity index is 281. The van der Waals surface area contributed by atoms with Crippen LogP contribution in [-0.2, 0) is 4.79 Å². The number of hydrogen-bond donors (Lipinski definition) is 1. The zero-order chi connectivity index (χ0) is 13.7. The van der Waals surface area contributed by atoms with Crippen LogP contribution in [0.4, 0.5) is 0 Å². The topological polar surface area (TPSA) is 35.6 Å². The maximum atomic E-state index is 12.6. The lowest BCUT2D eigenvalue weighted by molar-refractivity contribution is -0.135. The summed E-state index contributed by atoms with van der Waals surface area (Å²) in [6.07, 6.45) is 5.00. The third-order valence-corrected chi connectivity index (χ3v) is 4.22. The van der Waals surface area contributed by atoms with Crippen LogP contribution in [0, 0.1) is 5.92 Å². The molecule has 2 rings (SSSR count). The number of hydrogen-bond acceptors (Lipinski definition) is 3. The highest BCUT2D eigenvalue weighted by Crippen LogP contribution is 2.24. The number of rotatable bonds is 5. The quantitative estimate of drug-likeness (QED) is 0.816. The van der Waals surface area contributed by atoms with Gasteiger partial charge in [-0.05, 0) is 18.8 Å². The molecule has 1 saturated carbocycles. The third-order valence-electron chi connectivity index (χ3n) is 4.22. The SMILES string of the molecule is CC(C)CN(C(=O)CN1CCNCC1)C1CCCC1. The highest BCUT2D eigenvalue weighted by atomic mass is 16.2. The predicted octanol–water partition coefficient (Wildman–Crippen LogP) is 1.32. The first-order valence-corrected chi connectivity index (χ1v) is 7.89. The highest BCUT2D eigenvalue weighted by Gasteiger charge is 2.28. The summed E-state index contributed by atoms with van der Waals surface area (Å²) in [5.74, 6) is 0.912. The van der Waals surface area contributed by atoms with Crippen molar-refractivity contribution in [1.82, 2.24) is 15.1 Å². The van der Waals surface area contributed by atoms with Gasteiger partial charge in [0.15, 0.2) is 0 Å². The van der Waals surface area contributed by atoms with E-state index in [1.54, 1.807) is 0 Å². The molecule has 0 radical (unpaired) electrons. The monoisotopic (exact) mass is 267 g/mol. The third kappa shape index (κ3) is 4.46. The molecule has 0 aromatic rings. The summed E-state index contributed by atoms with van der Waals surface area (Å²) in [4.78, 5) is 17.1. The first kappa shape index (κ1) is 14.8.